The van der Waals surface area contributed by atoms with Crippen LogP contribution in [-0.4, -0.2) is 39.3 Å². The third-order valence-corrected chi connectivity index (χ3v) is 5.60. The Bertz CT molecular complexity index is 1040. The van der Waals surface area contributed by atoms with E-state index in [4.69, 9.17) is 4.74 Å². The fraction of sp³-hybridized carbons (Fsp3) is 0.480. The van der Waals surface area contributed by atoms with Crippen LogP contribution in [0.4, 0.5) is 10.1 Å². The second kappa shape index (κ2) is 15.1. The van der Waals surface area contributed by atoms with Crippen LogP contribution in [0.3, 0.4) is 0 Å². The standard InChI is InChI=1S/C18H24FNO2.C5H7NO2S.C2H6/c1-6-11-20(5)16-12-14(7-2)15(18(19)13(16)4)9-10-17(21)22-8-3;1-9(7,8)5-3-2-4-6-5;1-2/h12H,7-10H2,1-5H3;2-4,6H,1H3;1-2H3. The first-order chi connectivity index (χ1) is 15.6. The van der Waals surface area contributed by atoms with Gasteiger partial charge in [0, 0.05) is 37.5 Å². The van der Waals surface area contributed by atoms with Crippen molar-refractivity contribution in [1.29, 1.82) is 0 Å². The van der Waals surface area contributed by atoms with Gasteiger partial charge >= 0.3 is 5.97 Å². The van der Waals surface area contributed by atoms with Gasteiger partial charge in [-0.05, 0) is 62.9 Å². The van der Waals surface area contributed by atoms with Crippen molar-refractivity contribution in [2.24, 2.45) is 0 Å². The van der Waals surface area contributed by atoms with E-state index < -0.39 is 9.84 Å². The average Bonchev–Trinajstić information content (AvgIpc) is 3.32. The van der Waals surface area contributed by atoms with E-state index in [0.29, 0.717) is 30.6 Å². The molecule has 0 atom stereocenters. The van der Waals surface area contributed by atoms with Gasteiger partial charge in [0.2, 0.25) is 0 Å². The van der Waals surface area contributed by atoms with Crippen LogP contribution in [0.2, 0.25) is 0 Å². The first-order valence-corrected chi connectivity index (χ1v) is 12.9. The first-order valence-electron chi connectivity index (χ1n) is 11.0. The highest BCUT2D eigenvalue weighted by Crippen LogP contribution is 2.29. The second-order valence-electron chi connectivity index (χ2n) is 6.86. The van der Waals surface area contributed by atoms with Crippen molar-refractivity contribution in [3.63, 3.8) is 0 Å². The van der Waals surface area contributed by atoms with Gasteiger partial charge in [-0.3, -0.25) is 4.79 Å². The molecule has 1 heterocycles. The van der Waals surface area contributed by atoms with Gasteiger partial charge in [-0.1, -0.05) is 26.7 Å². The molecule has 8 heteroatoms. The number of esters is 1. The largest absolute Gasteiger partial charge is 0.466 e. The highest BCUT2D eigenvalue weighted by atomic mass is 32.2. The Hall–Kier alpha value is -2.79. The van der Waals surface area contributed by atoms with Crippen LogP contribution in [0.25, 0.3) is 0 Å². The monoisotopic (exact) mass is 480 g/mol. The molecule has 0 amide bonds. The molecule has 0 aliphatic heterocycles. The number of aryl methyl sites for hydroxylation is 1. The lowest BCUT2D eigenvalue weighted by Gasteiger charge is -2.19. The van der Waals surface area contributed by atoms with Crippen molar-refractivity contribution in [2.45, 2.75) is 65.8 Å². The molecular formula is C25H37FN2O4S. The van der Waals surface area contributed by atoms with Crippen LogP contribution in [0.15, 0.2) is 29.4 Å². The number of carbonyl (C=O) groups excluding carboxylic acids is 1. The lowest BCUT2D eigenvalue weighted by atomic mass is 9.96. The number of anilines is 1. The Morgan fingerprint density at radius 3 is 2.33 bits per heavy atom. The molecule has 1 aromatic heterocycles. The molecule has 2 rings (SSSR count). The zero-order chi connectivity index (χ0) is 25.6. The molecular weight excluding hydrogens is 443 g/mol. The van der Waals surface area contributed by atoms with Crippen LogP contribution in [0.1, 0.15) is 57.7 Å². The highest BCUT2D eigenvalue weighted by molar-refractivity contribution is 7.90. The summed E-state index contributed by atoms with van der Waals surface area (Å²) in [6, 6.07) is 8.04. The number of H-pyrrole nitrogens is 1. The molecule has 6 nitrogen and oxygen atoms in total. The SMILES string of the molecule is CC.CC#CN(C)c1cc(CC)c(CCC(=O)OCC)c(F)c1C.CS(=O)(=O)c1ccc[nH]1. The molecule has 0 bridgehead atoms. The van der Waals surface area contributed by atoms with Crippen molar-refractivity contribution >= 4 is 21.5 Å². The van der Waals surface area contributed by atoms with E-state index in [1.807, 2.05) is 33.9 Å². The van der Waals surface area contributed by atoms with E-state index in [9.17, 15) is 17.6 Å². The molecule has 0 aliphatic carbocycles. The quantitative estimate of drug-likeness (QED) is 0.341. The summed E-state index contributed by atoms with van der Waals surface area (Å²) >= 11 is 0. The molecule has 33 heavy (non-hydrogen) atoms. The Labute approximate surface area is 198 Å². The van der Waals surface area contributed by atoms with Crippen LogP contribution in [-0.2, 0) is 32.2 Å². The van der Waals surface area contributed by atoms with Gasteiger partial charge in [0.25, 0.3) is 0 Å². The zero-order valence-corrected chi connectivity index (χ0v) is 21.8. The third-order valence-electron chi connectivity index (χ3n) is 4.55. The molecule has 1 N–H and O–H groups in total. The number of sulfone groups is 1. The molecule has 0 fully saturated rings. The van der Waals surface area contributed by atoms with E-state index in [0.717, 1.165) is 11.3 Å². The van der Waals surface area contributed by atoms with E-state index in [-0.39, 0.29) is 23.2 Å². The number of benzene rings is 1. The molecule has 0 aliphatic rings. The Morgan fingerprint density at radius 1 is 1.27 bits per heavy atom. The van der Waals surface area contributed by atoms with E-state index >= 15 is 0 Å². The molecule has 2 aromatic rings. The summed E-state index contributed by atoms with van der Waals surface area (Å²) in [5, 5.41) is 0.266. The molecule has 1 aromatic carbocycles. The lowest BCUT2D eigenvalue weighted by Crippen LogP contribution is -2.14. The normalized spacial score (nSPS) is 9.97. The number of carbonyl (C=O) groups is 1. The summed E-state index contributed by atoms with van der Waals surface area (Å²) in [6.45, 7) is 11.6. The molecule has 0 radical (unpaired) electrons. The maximum Gasteiger partial charge on any atom is 0.306 e. The van der Waals surface area contributed by atoms with Gasteiger partial charge in [-0.15, -0.1) is 0 Å². The summed E-state index contributed by atoms with van der Waals surface area (Å²) in [7, 11) is -1.20. The van der Waals surface area contributed by atoms with Gasteiger partial charge in [-0.2, -0.15) is 0 Å². The number of nitrogens with one attached hydrogen (secondary N) is 1. The van der Waals surface area contributed by atoms with Crippen LogP contribution >= 0.6 is 0 Å². The molecule has 0 unspecified atom stereocenters. The molecule has 0 saturated heterocycles. The molecule has 184 valence electrons. The summed E-state index contributed by atoms with van der Waals surface area (Å²) < 4.78 is 41.0. The predicted molar refractivity (Wildman–Crippen MR) is 133 cm³/mol. The Morgan fingerprint density at radius 2 is 1.91 bits per heavy atom. The fourth-order valence-corrected chi connectivity index (χ4v) is 3.61. The number of hydrogen-bond acceptors (Lipinski definition) is 5. The van der Waals surface area contributed by atoms with Gasteiger partial charge in [0.15, 0.2) is 9.84 Å². The smallest absolute Gasteiger partial charge is 0.306 e. The van der Waals surface area contributed by atoms with Crippen LogP contribution in [0.5, 0.6) is 0 Å². The van der Waals surface area contributed by atoms with E-state index in [1.54, 1.807) is 37.9 Å². The zero-order valence-electron chi connectivity index (χ0n) is 21.0. The minimum Gasteiger partial charge on any atom is -0.466 e. The minimum absolute atomic E-state index is 0.196. The Kier molecular flexibility index (Phi) is 13.8. The van der Waals surface area contributed by atoms with Crippen molar-refractivity contribution in [1.82, 2.24) is 4.98 Å². The predicted octanol–water partition coefficient (Wildman–Crippen LogP) is 5.05. The van der Waals surface area contributed by atoms with E-state index in [2.05, 4.69) is 16.9 Å². The lowest BCUT2D eigenvalue weighted by molar-refractivity contribution is -0.143. The number of ether oxygens (including phenoxy) is 1. The first kappa shape index (κ1) is 30.2. The van der Waals surface area contributed by atoms with Gasteiger partial charge in [0.05, 0.1) is 12.3 Å². The third kappa shape index (κ3) is 9.70. The van der Waals surface area contributed by atoms with Gasteiger partial charge in [0.1, 0.15) is 10.8 Å². The van der Waals surface area contributed by atoms with Crippen molar-refractivity contribution < 1.29 is 22.3 Å². The fourth-order valence-electron chi connectivity index (χ4n) is 3.01. The van der Waals surface area contributed by atoms with E-state index in [1.165, 1.54) is 12.3 Å². The van der Waals surface area contributed by atoms with Crippen molar-refractivity contribution in [2.75, 3.05) is 24.8 Å². The number of hydrogen-bond donors (Lipinski definition) is 1. The summed E-state index contributed by atoms with van der Waals surface area (Å²) in [5.74, 6) is 2.27. The molecule has 0 saturated carbocycles. The maximum atomic E-state index is 14.7. The number of aromatic amines is 1. The van der Waals surface area contributed by atoms with Crippen molar-refractivity contribution in [3.8, 4) is 12.0 Å². The number of nitrogens with zero attached hydrogens (tertiary/aromatic N) is 1. The minimum atomic E-state index is -3.02. The maximum absolute atomic E-state index is 14.7. The molecule has 0 spiro atoms. The van der Waals surface area contributed by atoms with Gasteiger partial charge in [-0.25, -0.2) is 12.8 Å². The second-order valence-corrected chi connectivity index (χ2v) is 8.84. The number of aromatic nitrogens is 1. The summed E-state index contributed by atoms with van der Waals surface area (Å²) in [4.78, 5) is 15.8. The summed E-state index contributed by atoms with van der Waals surface area (Å²) in [5.41, 5.74) is 2.84. The topological polar surface area (TPSA) is 79.5 Å². The van der Waals surface area contributed by atoms with Crippen LogP contribution < -0.4 is 4.90 Å². The number of halogens is 1. The Balaban J connectivity index is 0.000000770. The average molecular weight is 481 g/mol. The van der Waals surface area contributed by atoms with Crippen LogP contribution in [0, 0.1) is 24.7 Å². The van der Waals surface area contributed by atoms with Gasteiger partial charge < -0.3 is 14.6 Å². The van der Waals surface area contributed by atoms with Crippen molar-refractivity contribution in [3.05, 3.63) is 46.9 Å². The highest BCUT2D eigenvalue weighted by Gasteiger charge is 2.17. The number of rotatable bonds is 7. The summed E-state index contributed by atoms with van der Waals surface area (Å²) in [6.07, 6.45) is 4.00.